The van der Waals surface area contributed by atoms with E-state index in [1.54, 1.807) is 31.2 Å². The van der Waals surface area contributed by atoms with Gasteiger partial charge in [-0.1, -0.05) is 19.1 Å². The Kier molecular flexibility index (Phi) is 4.88. The molecule has 0 saturated carbocycles. The van der Waals surface area contributed by atoms with Gasteiger partial charge >= 0.3 is 0 Å². The van der Waals surface area contributed by atoms with Gasteiger partial charge in [-0.3, -0.25) is 9.59 Å². The van der Waals surface area contributed by atoms with Gasteiger partial charge in [0.25, 0.3) is 5.91 Å². The third kappa shape index (κ3) is 3.51. The summed E-state index contributed by atoms with van der Waals surface area (Å²) in [7, 11) is -3.56. The van der Waals surface area contributed by atoms with Gasteiger partial charge in [-0.25, -0.2) is 13.1 Å². The van der Waals surface area contributed by atoms with Crippen molar-refractivity contribution in [3.8, 4) is 0 Å². The second-order valence-electron chi connectivity index (χ2n) is 5.56. The molecule has 0 unspecified atom stereocenters. The molecular formula is C18H17N3O4S. The maximum Gasteiger partial charge on any atom is 0.261 e. The first-order chi connectivity index (χ1) is 12.4. The monoisotopic (exact) mass is 371 g/mol. The van der Waals surface area contributed by atoms with Crippen molar-refractivity contribution in [2.45, 2.75) is 11.8 Å². The first-order valence-electron chi connectivity index (χ1n) is 7.94. The van der Waals surface area contributed by atoms with E-state index in [0.717, 1.165) is 0 Å². The zero-order valence-electron chi connectivity index (χ0n) is 13.9. The summed E-state index contributed by atoms with van der Waals surface area (Å²) in [6.45, 7) is 1.97. The molecule has 8 heteroatoms. The first-order valence-corrected chi connectivity index (χ1v) is 9.42. The van der Waals surface area contributed by atoms with E-state index in [1.807, 2.05) is 0 Å². The maximum absolute atomic E-state index is 12.4. The number of amides is 1. The standard InChI is InChI=1S/C18H17N3O4S/c1-2-20-26(24,25)13-9-7-12(8-10-13)21-18(23)15-11-19-16-6-4-3-5-14(16)17(15)22/h3-11,20H,2H2,1H3,(H,19,22)(H,21,23). The van der Waals surface area contributed by atoms with Gasteiger partial charge in [0.15, 0.2) is 0 Å². The van der Waals surface area contributed by atoms with E-state index in [4.69, 9.17) is 0 Å². The summed E-state index contributed by atoms with van der Waals surface area (Å²) in [5, 5.41) is 3.02. The number of nitrogens with one attached hydrogen (secondary N) is 3. The Morgan fingerprint density at radius 1 is 1.08 bits per heavy atom. The molecule has 0 aliphatic carbocycles. The molecule has 7 nitrogen and oxygen atoms in total. The van der Waals surface area contributed by atoms with Gasteiger partial charge < -0.3 is 10.3 Å². The number of pyridine rings is 1. The predicted molar refractivity (Wildman–Crippen MR) is 99.8 cm³/mol. The van der Waals surface area contributed by atoms with Crippen LogP contribution in [0.4, 0.5) is 5.69 Å². The van der Waals surface area contributed by atoms with E-state index in [-0.39, 0.29) is 22.4 Å². The zero-order valence-corrected chi connectivity index (χ0v) is 14.8. The molecule has 0 fully saturated rings. The van der Waals surface area contributed by atoms with Crippen molar-refractivity contribution in [3.05, 3.63) is 70.5 Å². The minimum absolute atomic E-state index is 0.0203. The second-order valence-corrected chi connectivity index (χ2v) is 7.32. The molecule has 2 aromatic carbocycles. The van der Waals surface area contributed by atoms with Crippen LogP contribution in [-0.2, 0) is 10.0 Å². The van der Waals surface area contributed by atoms with Crippen molar-refractivity contribution in [3.63, 3.8) is 0 Å². The average molecular weight is 371 g/mol. The van der Waals surface area contributed by atoms with Crippen LogP contribution in [0, 0.1) is 0 Å². The number of sulfonamides is 1. The number of hydrogen-bond donors (Lipinski definition) is 3. The molecule has 0 radical (unpaired) electrons. The van der Waals surface area contributed by atoms with Crippen LogP contribution in [0.3, 0.4) is 0 Å². The van der Waals surface area contributed by atoms with Crippen molar-refractivity contribution < 1.29 is 13.2 Å². The van der Waals surface area contributed by atoms with Crippen molar-refractivity contribution >= 4 is 32.5 Å². The number of fused-ring (bicyclic) bond motifs is 1. The number of para-hydroxylation sites is 1. The summed E-state index contributed by atoms with van der Waals surface area (Å²) >= 11 is 0. The first kappa shape index (κ1) is 17.8. The van der Waals surface area contributed by atoms with E-state index in [0.29, 0.717) is 16.6 Å². The van der Waals surface area contributed by atoms with E-state index in [2.05, 4.69) is 15.0 Å². The zero-order chi connectivity index (χ0) is 18.7. The molecule has 0 atom stereocenters. The van der Waals surface area contributed by atoms with E-state index < -0.39 is 15.9 Å². The van der Waals surface area contributed by atoms with Gasteiger partial charge in [0.05, 0.1) is 4.90 Å². The minimum Gasteiger partial charge on any atom is -0.360 e. The van der Waals surface area contributed by atoms with E-state index >= 15 is 0 Å². The molecule has 3 aromatic rings. The molecule has 0 spiro atoms. The maximum atomic E-state index is 12.4. The lowest BCUT2D eigenvalue weighted by Crippen LogP contribution is -2.23. The highest BCUT2D eigenvalue weighted by Crippen LogP contribution is 2.15. The number of aromatic amines is 1. The number of carbonyl (C=O) groups excluding carboxylic acids is 1. The highest BCUT2D eigenvalue weighted by molar-refractivity contribution is 7.89. The molecule has 3 N–H and O–H groups in total. The summed E-state index contributed by atoms with van der Waals surface area (Å²) in [6.07, 6.45) is 1.37. The van der Waals surface area contributed by atoms with Crippen molar-refractivity contribution in [1.82, 2.24) is 9.71 Å². The number of aromatic nitrogens is 1. The highest BCUT2D eigenvalue weighted by atomic mass is 32.2. The van der Waals surface area contributed by atoms with Crippen LogP contribution >= 0.6 is 0 Å². The summed E-state index contributed by atoms with van der Waals surface area (Å²) in [5.74, 6) is -0.570. The molecule has 26 heavy (non-hydrogen) atoms. The number of benzene rings is 2. The second kappa shape index (κ2) is 7.11. The van der Waals surface area contributed by atoms with Crippen LogP contribution < -0.4 is 15.5 Å². The smallest absolute Gasteiger partial charge is 0.261 e. The molecule has 1 heterocycles. The molecule has 0 bridgehead atoms. The van der Waals surface area contributed by atoms with Crippen LogP contribution in [0.15, 0.2) is 64.4 Å². The number of rotatable bonds is 5. The van der Waals surface area contributed by atoms with Crippen LogP contribution in [0.2, 0.25) is 0 Å². The molecule has 3 rings (SSSR count). The Bertz CT molecular complexity index is 1120. The van der Waals surface area contributed by atoms with E-state index in [9.17, 15) is 18.0 Å². The van der Waals surface area contributed by atoms with Gasteiger partial charge in [-0.15, -0.1) is 0 Å². The Morgan fingerprint density at radius 3 is 2.46 bits per heavy atom. The van der Waals surface area contributed by atoms with Crippen molar-refractivity contribution in [2.24, 2.45) is 0 Å². The Hall–Kier alpha value is -2.97. The summed E-state index contributed by atoms with van der Waals surface area (Å²) in [5.41, 5.74) is 0.640. The Morgan fingerprint density at radius 2 is 1.77 bits per heavy atom. The van der Waals surface area contributed by atoms with Crippen LogP contribution in [0.25, 0.3) is 10.9 Å². The largest absolute Gasteiger partial charge is 0.360 e. The van der Waals surface area contributed by atoms with Crippen LogP contribution in [-0.4, -0.2) is 25.9 Å². The van der Waals surface area contributed by atoms with Crippen molar-refractivity contribution in [1.29, 1.82) is 0 Å². The Labute approximate surface area is 150 Å². The molecule has 1 amide bonds. The topological polar surface area (TPSA) is 108 Å². The van der Waals surface area contributed by atoms with Crippen LogP contribution in [0.5, 0.6) is 0 Å². The Balaban J connectivity index is 1.85. The average Bonchev–Trinajstić information content (AvgIpc) is 2.62. The number of carbonyl (C=O) groups is 1. The summed E-state index contributed by atoms with van der Waals surface area (Å²) in [4.78, 5) is 27.9. The summed E-state index contributed by atoms with van der Waals surface area (Å²) in [6, 6.07) is 12.6. The lowest BCUT2D eigenvalue weighted by molar-refractivity contribution is 0.102. The normalized spacial score (nSPS) is 11.4. The third-order valence-electron chi connectivity index (χ3n) is 3.79. The fourth-order valence-corrected chi connectivity index (χ4v) is 3.57. The quantitative estimate of drug-likeness (QED) is 0.638. The number of H-pyrrole nitrogens is 1. The molecule has 134 valence electrons. The molecular weight excluding hydrogens is 354 g/mol. The lowest BCUT2D eigenvalue weighted by atomic mass is 10.1. The van der Waals surface area contributed by atoms with Gasteiger partial charge in [-0.2, -0.15) is 0 Å². The molecule has 1 aromatic heterocycles. The number of anilines is 1. The van der Waals surface area contributed by atoms with E-state index in [1.165, 1.54) is 30.5 Å². The van der Waals surface area contributed by atoms with Gasteiger partial charge in [0, 0.05) is 29.3 Å². The highest BCUT2D eigenvalue weighted by Gasteiger charge is 2.15. The number of hydrogen-bond acceptors (Lipinski definition) is 4. The molecule has 0 aliphatic rings. The fraction of sp³-hybridized carbons (Fsp3) is 0.111. The minimum atomic E-state index is -3.56. The van der Waals surface area contributed by atoms with Crippen molar-refractivity contribution in [2.75, 3.05) is 11.9 Å². The van der Waals surface area contributed by atoms with Crippen LogP contribution in [0.1, 0.15) is 17.3 Å². The van der Waals surface area contributed by atoms with Gasteiger partial charge in [0.1, 0.15) is 5.56 Å². The lowest BCUT2D eigenvalue weighted by Gasteiger charge is -2.08. The predicted octanol–water partition coefficient (Wildman–Crippen LogP) is 2.08. The summed E-state index contributed by atoms with van der Waals surface area (Å²) < 4.78 is 26.2. The third-order valence-corrected chi connectivity index (χ3v) is 5.35. The van der Waals surface area contributed by atoms with Gasteiger partial charge in [0.2, 0.25) is 15.5 Å². The van der Waals surface area contributed by atoms with Gasteiger partial charge in [-0.05, 0) is 36.4 Å². The SMILES string of the molecule is CCNS(=O)(=O)c1ccc(NC(=O)c2c[nH]c3ccccc3c2=O)cc1. The molecule has 0 aliphatic heterocycles. The fourth-order valence-electron chi connectivity index (χ4n) is 2.53. The molecule has 0 saturated heterocycles.